The Bertz CT molecular complexity index is 703. The van der Waals surface area contributed by atoms with Crippen LogP contribution in [-0.4, -0.2) is 59.2 Å². The molecule has 1 aliphatic carbocycles. The molecule has 0 aromatic carbocycles. The molecule has 0 bridgehead atoms. The standard InChI is InChI=1S/C24H49NO6Si2/c1-16(26)28-15-17-18(25-21(27)29-22(2,3)4)20(31-33(13,14)24(8,9)10)19(17)30-32(11,12)23(5,6)7/h17-20H,15H2,1-14H3,(H,25,27)/t17-,18+,19-,20-/m0/s1. The lowest BCUT2D eigenvalue weighted by Gasteiger charge is -2.57. The number of amides is 1. The Balaban J connectivity index is 3.32. The van der Waals surface area contributed by atoms with Crippen LogP contribution in [0.2, 0.25) is 36.3 Å². The second-order valence-electron chi connectivity index (χ2n) is 13.3. The van der Waals surface area contributed by atoms with Crippen molar-refractivity contribution in [3.8, 4) is 0 Å². The van der Waals surface area contributed by atoms with Gasteiger partial charge in [-0.1, -0.05) is 41.5 Å². The minimum atomic E-state index is -2.18. The predicted molar refractivity (Wildman–Crippen MR) is 137 cm³/mol. The maximum atomic E-state index is 12.7. The molecule has 7 nitrogen and oxygen atoms in total. The van der Waals surface area contributed by atoms with Gasteiger partial charge in [0.15, 0.2) is 16.6 Å². The zero-order chi connectivity index (χ0) is 26.2. The van der Waals surface area contributed by atoms with Gasteiger partial charge in [-0.25, -0.2) is 4.79 Å². The van der Waals surface area contributed by atoms with Crippen molar-refractivity contribution in [2.75, 3.05) is 6.61 Å². The minimum absolute atomic E-state index is 0.00415. The van der Waals surface area contributed by atoms with Crippen molar-refractivity contribution in [2.45, 2.75) is 129 Å². The van der Waals surface area contributed by atoms with Crippen LogP contribution < -0.4 is 5.32 Å². The Morgan fingerprint density at radius 2 is 1.21 bits per heavy atom. The molecule has 0 aromatic rings. The zero-order valence-electron chi connectivity index (χ0n) is 23.5. The maximum absolute atomic E-state index is 12.7. The SMILES string of the molecule is CC(=O)OC[C@H]1[C@@H](NC(=O)OC(C)(C)C)[C@H](O[Si](C)(C)C(C)(C)C)[C@H]1O[Si](C)(C)C(C)(C)C. The Kier molecular flexibility index (Phi) is 9.12. The molecule has 1 rings (SSSR count). The van der Waals surface area contributed by atoms with Gasteiger partial charge < -0.3 is 23.6 Å². The van der Waals surface area contributed by atoms with Crippen LogP contribution in [0.3, 0.4) is 0 Å². The van der Waals surface area contributed by atoms with Crippen LogP contribution in [0.25, 0.3) is 0 Å². The normalized spacial score (nSPS) is 24.7. The molecule has 0 unspecified atom stereocenters. The summed E-state index contributed by atoms with van der Waals surface area (Å²) < 4.78 is 24.5. The van der Waals surface area contributed by atoms with Crippen LogP contribution in [0, 0.1) is 5.92 Å². The van der Waals surface area contributed by atoms with E-state index in [1.165, 1.54) is 6.92 Å². The summed E-state index contributed by atoms with van der Waals surface area (Å²) in [4.78, 5) is 24.3. The average molecular weight is 504 g/mol. The van der Waals surface area contributed by atoms with Gasteiger partial charge in [0.2, 0.25) is 0 Å². The summed E-state index contributed by atoms with van der Waals surface area (Å²) in [6.45, 7) is 29.0. The fourth-order valence-corrected chi connectivity index (χ4v) is 5.78. The smallest absolute Gasteiger partial charge is 0.407 e. The molecule has 1 aliphatic rings. The molecule has 0 spiro atoms. The summed E-state index contributed by atoms with van der Waals surface area (Å²) in [5.41, 5.74) is -0.619. The van der Waals surface area contributed by atoms with Crippen molar-refractivity contribution in [3.05, 3.63) is 0 Å². The molecule has 0 aliphatic heterocycles. The number of rotatable bonds is 7. The van der Waals surface area contributed by atoms with E-state index < -0.39 is 28.3 Å². The van der Waals surface area contributed by atoms with Crippen molar-refractivity contribution in [2.24, 2.45) is 5.92 Å². The van der Waals surface area contributed by atoms with Crippen molar-refractivity contribution in [3.63, 3.8) is 0 Å². The lowest BCUT2D eigenvalue weighted by Crippen LogP contribution is -2.73. The number of hydrogen-bond donors (Lipinski definition) is 1. The number of alkyl carbamates (subject to hydrolysis) is 1. The van der Waals surface area contributed by atoms with Gasteiger partial charge in [0.05, 0.1) is 24.9 Å². The molecule has 9 heteroatoms. The quantitative estimate of drug-likeness (QED) is 0.346. The molecule has 0 aromatic heterocycles. The van der Waals surface area contributed by atoms with Gasteiger partial charge in [-0.2, -0.15) is 0 Å². The number of ether oxygens (including phenoxy) is 2. The molecule has 1 N–H and O–H groups in total. The Morgan fingerprint density at radius 1 is 0.788 bits per heavy atom. The van der Waals surface area contributed by atoms with Gasteiger partial charge in [0, 0.05) is 12.8 Å². The van der Waals surface area contributed by atoms with Crippen LogP contribution in [0.15, 0.2) is 0 Å². The molecular weight excluding hydrogens is 454 g/mol. The second-order valence-corrected chi connectivity index (χ2v) is 22.8. The van der Waals surface area contributed by atoms with Gasteiger partial charge in [0.25, 0.3) is 0 Å². The summed E-state index contributed by atoms with van der Waals surface area (Å²) in [6.07, 6.45) is -1.12. The lowest BCUT2D eigenvalue weighted by molar-refractivity contribution is -0.158. The van der Waals surface area contributed by atoms with Gasteiger partial charge in [-0.3, -0.25) is 4.79 Å². The molecule has 0 heterocycles. The summed E-state index contributed by atoms with van der Waals surface area (Å²) in [5.74, 6) is -0.573. The number of nitrogens with one attached hydrogen (secondary N) is 1. The van der Waals surface area contributed by atoms with Gasteiger partial charge in [-0.05, 0) is 57.0 Å². The number of esters is 1. The summed E-state index contributed by atoms with van der Waals surface area (Å²) in [7, 11) is -4.33. The molecule has 1 amide bonds. The van der Waals surface area contributed by atoms with Crippen molar-refractivity contribution < 1.29 is 27.9 Å². The third-order valence-corrected chi connectivity index (χ3v) is 16.1. The van der Waals surface area contributed by atoms with E-state index >= 15 is 0 Å². The van der Waals surface area contributed by atoms with E-state index in [1.54, 1.807) is 0 Å². The van der Waals surface area contributed by atoms with E-state index in [4.69, 9.17) is 18.3 Å². The summed E-state index contributed by atoms with van der Waals surface area (Å²) in [5, 5.41) is 3.00. The fourth-order valence-electron chi connectivity index (χ4n) is 3.12. The number of carbonyl (C=O) groups excluding carboxylic acids is 2. The molecule has 33 heavy (non-hydrogen) atoms. The fraction of sp³-hybridized carbons (Fsp3) is 0.917. The van der Waals surface area contributed by atoms with Gasteiger partial charge in [0.1, 0.15) is 5.60 Å². The molecule has 4 atom stereocenters. The van der Waals surface area contributed by atoms with Crippen LogP contribution in [-0.2, 0) is 23.1 Å². The van der Waals surface area contributed by atoms with Gasteiger partial charge in [-0.15, -0.1) is 0 Å². The molecule has 0 saturated heterocycles. The predicted octanol–water partition coefficient (Wildman–Crippen LogP) is 5.85. The third-order valence-electron chi connectivity index (χ3n) is 7.20. The third kappa shape index (κ3) is 8.07. The van der Waals surface area contributed by atoms with E-state index in [-0.39, 0.29) is 46.8 Å². The van der Waals surface area contributed by atoms with E-state index in [1.807, 2.05) is 20.8 Å². The molecule has 0 radical (unpaired) electrons. The minimum Gasteiger partial charge on any atom is -0.465 e. The first-order chi connectivity index (χ1) is 14.5. The first-order valence-corrected chi connectivity index (χ1v) is 17.8. The highest BCUT2D eigenvalue weighted by atomic mass is 28.4. The molecule has 194 valence electrons. The van der Waals surface area contributed by atoms with Crippen molar-refractivity contribution >= 4 is 28.7 Å². The van der Waals surface area contributed by atoms with Crippen LogP contribution in [0.5, 0.6) is 0 Å². The zero-order valence-corrected chi connectivity index (χ0v) is 25.5. The highest BCUT2D eigenvalue weighted by molar-refractivity contribution is 6.74. The Hall–Kier alpha value is -0.906. The highest BCUT2D eigenvalue weighted by Crippen LogP contribution is 2.46. The Morgan fingerprint density at radius 3 is 1.58 bits per heavy atom. The van der Waals surface area contributed by atoms with E-state index in [0.717, 1.165) is 0 Å². The van der Waals surface area contributed by atoms with Crippen molar-refractivity contribution in [1.82, 2.24) is 5.32 Å². The van der Waals surface area contributed by atoms with E-state index in [0.29, 0.717) is 0 Å². The first kappa shape index (κ1) is 30.1. The highest BCUT2D eigenvalue weighted by Gasteiger charge is 2.58. The molecule has 1 fully saturated rings. The monoisotopic (exact) mass is 503 g/mol. The number of carbonyl (C=O) groups is 2. The van der Waals surface area contributed by atoms with Crippen molar-refractivity contribution in [1.29, 1.82) is 0 Å². The average Bonchev–Trinajstić information content (AvgIpc) is 2.54. The Labute approximate surface area is 203 Å². The molecular formula is C24H49NO6Si2. The van der Waals surface area contributed by atoms with Crippen LogP contribution >= 0.6 is 0 Å². The van der Waals surface area contributed by atoms with E-state index in [9.17, 15) is 9.59 Å². The number of hydrogen-bond acceptors (Lipinski definition) is 6. The summed E-state index contributed by atoms with van der Waals surface area (Å²) in [6, 6.07) is -0.372. The lowest BCUT2D eigenvalue weighted by atomic mass is 9.74. The van der Waals surface area contributed by atoms with Crippen LogP contribution in [0.4, 0.5) is 4.79 Å². The first-order valence-electron chi connectivity index (χ1n) is 12.0. The summed E-state index contributed by atoms with van der Waals surface area (Å²) >= 11 is 0. The second kappa shape index (κ2) is 9.99. The van der Waals surface area contributed by atoms with E-state index in [2.05, 4.69) is 73.0 Å². The maximum Gasteiger partial charge on any atom is 0.407 e. The van der Waals surface area contributed by atoms with Crippen LogP contribution in [0.1, 0.15) is 69.2 Å². The largest absolute Gasteiger partial charge is 0.465 e. The van der Waals surface area contributed by atoms with Gasteiger partial charge >= 0.3 is 12.1 Å². The topological polar surface area (TPSA) is 83.1 Å². The molecule has 1 saturated carbocycles.